The topological polar surface area (TPSA) is 68.0 Å². The number of hydrogen-bond donors (Lipinski definition) is 1. The lowest BCUT2D eigenvalue weighted by atomic mass is 9.90. The van der Waals surface area contributed by atoms with Crippen LogP contribution in [0.4, 0.5) is 0 Å². The van der Waals surface area contributed by atoms with Crippen LogP contribution in [0.2, 0.25) is 0 Å². The molecule has 1 N–H and O–H groups in total. The Balaban J connectivity index is 1.35. The van der Waals surface area contributed by atoms with Gasteiger partial charge in [-0.15, -0.1) is 21.5 Å². The molecule has 1 amide bonds. The van der Waals surface area contributed by atoms with E-state index in [0.29, 0.717) is 22.8 Å². The first-order valence-corrected chi connectivity index (χ1v) is 10.8. The third kappa shape index (κ3) is 4.08. The van der Waals surface area contributed by atoms with Crippen molar-refractivity contribution < 1.29 is 9.21 Å². The fourth-order valence-corrected chi connectivity index (χ4v) is 5.02. The van der Waals surface area contributed by atoms with Gasteiger partial charge in [0.15, 0.2) is 0 Å². The molecule has 2 heterocycles. The minimum atomic E-state index is 0.0322. The Kier molecular flexibility index (Phi) is 4.86. The number of amides is 1. The second kappa shape index (κ2) is 7.11. The number of fused-ring (bicyclic) bond motifs is 1. The number of thiophene rings is 1. The van der Waals surface area contributed by atoms with Gasteiger partial charge in [0.1, 0.15) is 0 Å². The van der Waals surface area contributed by atoms with E-state index in [-0.39, 0.29) is 11.9 Å². The molecular weight excluding hydrogens is 354 g/mol. The lowest BCUT2D eigenvalue weighted by Crippen LogP contribution is -2.35. The van der Waals surface area contributed by atoms with Crippen LogP contribution >= 0.6 is 23.1 Å². The molecule has 2 aliphatic carbocycles. The van der Waals surface area contributed by atoms with Crippen molar-refractivity contribution in [1.82, 2.24) is 15.5 Å². The molecule has 5 nitrogen and oxygen atoms in total. The average molecular weight is 378 g/mol. The molecule has 2 aromatic heterocycles. The number of aromatic nitrogens is 2. The first-order chi connectivity index (χ1) is 12.1. The van der Waals surface area contributed by atoms with Crippen molar-refractivity contribution in [2.24, 2.45) is 11.8 Å². The quantitative estimate of drug-likeness (QED) is 0.773. The van der Waals surface area contributed by atoms with E-state index in [1.807, 2.05) is 0 Å². The molecule has 0 saturated heterocycles. The summed E-state index contributed by atoms with van der Waals surface area (Å²) in [4.78, 5) is 14.5. The van der Waals surface area contributed by atoms with Gasteiger partial charge in [0.25, 0.3) is 11.1 Å². The average Bonchev–Trinajstić information content (AvgIpc) is 3.19. The molecule has 0 aromatic carbocycles. The van der Waals surface area contributed by atoms with Gasteiger partial charge in [-0.05, 0) is 62.5 Å². The molecule has 1 fully saturated rings. The van der Waals surface area contributed by atoms with Crippen molar-refractivity contribution in [3.8, 4) is 10.8 Å². The highest BCUT2D eigenvalue weighted by molar-refractivity contribution is 7.99. The number of carbonyl (C=O) groups excluding carboxylic acids is 1. The number of hydrogen-bond acceptors (Lipinski definition) is 6. The van der Waals surface area contributed by atoms with Crippen LogP contribution in [0, 0.1) is 11.8 Å². The van der Waals surface area contributed by atoms with Gasteiger partial charge in [0.2, 0.25) is 5.91 Å². The van der Waals surface area contributed by atoms with E-state index in [9.17, 15) is 4.79 Å². The summed E-state index contributed by atoms with van der Waals surface area (Å²) < 4.78 is 5.76. The number of nitrogens with one attached hydrogen (secondary N) is 1. The highest BCUT2D eigenvalue weighted by Crippen LogP contribution is 2.37. The van der Waals surface area contributed by atoms with Gasteiger partial charge in [-0.25, -0.2) is 0 Å². The second-order valence-electron chi connectivity index (χ2n) is 7.26. The zero-order valence-electron chi connectivity index (χ0n) is 14.6. The van der Waals surface area contributed by atoms with Crippen LogP contribution in [0.1, 0.15) is 43.6 Å². The van der Waals surface area contributed by atoms with Crippen LogP contribution in [-0.4, -0.2) is 27.9 Å². The first-order valence-electron chi connectivity index (χ1n) is 8.96. The van der Waals surface area contributed by atoms with Gasteiger partial charge in [-0.2, -0.15) is 0 Å². The zero-order valence-corrected chi connectivity index (χ0v) is 16.2. The molecule has 0 spiro atoms. The first kappa shape index (κ1) is 17.1. The van der Waals surface area contributed by atoms with E-state index in [1.165, 1.54) is 41.5 Å². The summed E-state index contributed by atoms with van der Waals surface area (Å²) in [6.45, 7) is 4.38. The molecule has 0 aliphatic heterocycles. The van der Waals surface area contributed by atoms with Crippen LogP contribution in [0.15, 0.2) is 15.7 Å². The third-order valence-corrected chi connectivity index (χ3v) is 7.03. The van der Waals surface area contributed by atoms with E-state index < -0.39 is 0 Å². The van der Waals surface area contributed by atoms with Crippen LogP contribution in [-0.2, 0) is 17.6 Å². The summed E-state index contributed by atoms with van der Waals surface area (Å²) in [5, 5.41) is 11.8. The predicted molar refractivity (Wildman–Crippen MR) is 99.9 cm³/mol. The van der Waals surface area contributed by atoms with Crippen LogP contribution < -0.4 is 5.32 Å². The van der Waals surface area contributed by atoms with Crippen molar-refractivity contribution >= 4 is 29.0 Å². The predicted octanol–water partition coefficient (Wildman–Crippen LogP) is 3.93. The van der Waals surface area contributed by atoms with Crippen molar-refractivity contribution in [2.45, 2.75) is 57.2 Å². The Morgan fingerprint density at radius 1 is 1.44 bits per heavy atom. The van der Waals surface area contributed by atoms with Crippen LogP contribution in [0.25, 0.3) is 10.8 Å². The Labute approximate surface area is 156 Å². The molecule has 4 rings (SSSR count). The normalized spacial score (nSPS) is 21.0. The largest absolute Gasteiger partial charge is 0.410 e. The van der Waals surface area contributed by atoms with Crippen LogP contribution in [0.3, 0.4) is 0 Å². The zero-order chi connectivity index (χ0) is 17.4. The highest BCUT2D eigenvalue weighted by Gasteiger charge is 2.29. The lowest BCUT2D eigenvalue weighted by Gasteiger charge is -2.16. The number of aryl methyl sites for hydroxylation is 1. The summed E-state index contributed by atoms with van der Waals surface area (Å²) >= 11 is 3.07. The van der Waals surface area contributed by atoms with Crippen molar-refractivity contribution in [1.29, 1.82) is 0 Å². The summed E-state index contributed by atoms with van der Waals surface area (Å²) in [5.74, 6) is 2.33. The van der Waals surface area contributed by atoms with E-state index in [4.69, 9.17) is 4.42 Å². The molecule has 2 atom stereocenters. The minimum Gasteiger partial charge on any atom is -0.410 e. The molecular formula is C18H23N3O2S2. The number of nitrogens with zero attached hydrogens (tertiary/aromatic N) is 2. The molecule has 2 aliphatic rings. The SMILES string of the molecule is C[C@@H]1CCc2sc(-c3nnc(SCC(=O)N[C@@H](C)C4CC4)o3)cc2C1. The number of thioether (sulfide) groups is 1. The smallest absolute Gasteiger partial charge is 0.277 e. The van der Waals surface area contributed by atoms with Crippen molar-refractivity contribution in [3.63, 3.8) is 0 Å². The fraction of sp³-hybridized carbons (Fsp3) is 0.611. The lowest BCUT2D eigenvalue weighted by molar-refractivity contribution is -0.119. The van der Waals surface area contributed by atoms with Gasteiger partial charge in [0.05, 0.1) is 10.6 Å². The fourth-order valence-electron chi connectivity index (χ4n) is 3.32. The molecule has 0 radical (unpaired) electrons. The van der Waals surface area contributed by atoms with Gasteiger partial charge in [0, 0.05) is 10.9 Å². The van der Waals surface area contributed by atoms with Gasteiger partial charge in [-0.3, -0.25) is 4.79 Å². The summed E-state index contributed by atoms with van der Waals surface area (Å²) in [5.41, 5.74) is 1.43. The number of carbonyl (C=O) groups is 1. The molecule has 1 saturated carbocycles. The molecule has 7 heteroatoms. The molecule has 0 unspecified atom stereocenters. The molecule has 25 heavy (non-hydrogen) atoms. The van der Waals surface area contributed by atoms with Crippen molar-refractivity contribution in [2.75, 3.05) is 5.75 Å². The maximum atomic E-state index is 12.0. The highest BCUT2D eigenvalue weighted by atomic mass is 32.2. The summed E-state index contributed by atoms with van der Waals surface area (Å²) in [7, 11) is 0. The summed E-state index contributed by atoms with van der Waals surface area (Å²) in [6, 6.07) is 2.47. The maximum Gasteiger partial charge on any atom is 0.277 e. The Morgan fingerprint density at radius 2 is 2.28 bits per heavy atom. The Bertz CT molecular complexity index is 766. The van der Waals surface area contributed by atoms with Gasteiger partial charge in [-0.1, -0.05) is 18.7 Å². The molecule has 0 bridgehead atoms. The summed E-state index contributed by atoms with van der Waals surface area (Å²) in [6.07, 6.45) is 6.00. The van der Waals surface area contributed by atoms with Gasteiger partial charge < -0.3 is 9.73 Å². The van der Waals surface area contributed by atoms with E-state index in [1.54, 1.807) is 11.3 Å². The molecule has 134 valence electrons. The number of rotatable bonds is 6. The minimum absolute atomic E-state index is 0.0322. The van der Waals surface area contributed by atoms with E-state index >= 15 is 0 Å². The Hall–Kier alpha value is -1.34. The van der Waals surface area contributed by atoms with Crippen molar-refractivity contribution in [3.05, 3.63) is 16.5 Å². The Morgan fingerprint density at radius 3 is 3.08 bits per heavy atom. The van der Waals surface area contributed by atoms with E-state index in [2.05, 4.69) is 35.4 Å². The standard InChI is InChI=1S/C18H23N3O2S2/c1-10-3-6-14-13(7-10)8-15(25-14)17-20-21-18(23-17)24-9-16(22)19-11(2)12-4-5-12/h8,10-12H,3-7,9H2,1-2H3,(H,19,22)/t10-,11+/m1/s1. The third-order valence-electron chi connectivity index (χ3n) is 4.99. The van der Waals surface area contributed by atoms with Gasteiger partial charge >= 0.3 is 0 Å². The maximum absolute atomic E-state index is 12.0. The molecule has 2 aromatic rings. The van der Waals surface area contributed by atoms with Crippen LogP contribution in [0.5, 0.6) is 0 Å². The van der Waals surface area contributed by atoms with E-state index in [0.717, 1.165) is 23.6 Å². The monoisotopic (exact) mass is 377 g/mol. The second-order valence-corrected chi connectivity index (χ2v) is 9.33.